The van der Waals surface area contributed by atoms with E-state index in [1.807, 2.05) is 19.1 Å². The minimum atomic E-state index is 0.195. The first-order valence-corrected chi connectivity index (χ1v) is 6.82. The van der Waals surface area contributed by atoms with E-state index in [-0.39, 0.29) is 6.04 Å². The molecule has 2 aromatic heterocycles. The molecule has 1 unspecified atom stereocenters. The van der Waals surface area contributed by atoms with Gasteiger partial charge in [0.2, 0.25) is 0 Å². The number of pyridine rings is 1. The summed E-state index contributed by atoms with van der Waals surface area (Å²) < 4.78 is 0.805. The van der Waals surface area contributed by atoms with Crippen LogP contribution in [-0.4, -0.2) is 4.98 Å². The number of rotatable bonds is 3. The second-order valence-electron chi connectivity index (χ2n) is 3.87. The summed E-state index contributed by atoms with van der Waals surface area (Å²) in [6.07, 6.45) is 1.75. The van der Waals surface area contributed by atoms with E-state index >= 15 is 0 Å². The third-order valence-corrected chi connectivity index (χ3v) is 3.85. The molecule has 2 rings (SSSR count). The lowest BCUT2D eigenvalue weighted by Crippen LogP contribution is -2.07. The van der Waals surface area contributed by atoms with Gasteiger partial charge in [0.15, 0.2) is 0 Å². The number of aromatic nitrogens is 1. The van der Waals surface area contributed by atoms with Crippen molar-refractivity contribution in [3.8, 4) is 0 Å². The summed E-state index contributed by atoms with van der Waals surface area (Å²) in [6.45, 7) is 4.09. The van der Waals surface area contributed by atoms with E-state index in [1.54, 1.807) is 6.20 Å². The van der Waals surface area contributed by atoms with Gasteiger partial charge in [0.1, 0.15) is 5.15 Å². The quantitative estimate of drug-likeness (QED) is 0.809. The molecule has 0 spiro atoms. The molecular weight excluding hydrogens is 275 g/mol. The normalized spacial score (nSPS) is 12.5. The smallest absolute Gasteiger partial charge is 0.129 e. The Hall–Kier alpha value is -0.770. The minimum absolute atomic E-state index is 0.195. The largest absolute Gasteiger partial charge is 0.377 e. The number of halogens is 2. The zero-order chi connectivity index (χ0) is 12.4. The van der Waals surface area contributed by atoms with Gasteiger partial charge in [0.25, 0.3) is 0 Å². The van der Waals surface area contributed by atoms with Crippen LogP contribution in [0.25, 0.3) is 0 Å². The molecule has 0 aliphatic rings. The first-order chi connectivity index (χ1) is 8.06. The third-order valence-electron chi connectivity index (χ3n) is 2.54. The molecule has 5 heteroatoms. The van der Waals surface area contributed by atoms with Crippen molar-refractivity contribution in [1.29, 1.82) is 0 Å². The summed E-state index contributed by atoms with van der Waals surface area (Å²) in [6, 6.07) is 4.01. The summed E-state index contributed by atoms with van der Waals surface area (Å²) in [5.74, 6) is 0. The van der Waals surface area contributed by atoms with Crippen LogP contribution in [0.3, 0.4) is 0 Å². The summed E-state index contributed by atoms with van der Waals surface area (Å²) >= 11 is 13.3. The standard InChI is InChI=1S/C12H12Cl2N2S/c1-7-3-11(13)15-5-10(7)16-8(2)9-4-12(14)17-6-9/h3-6,8,16H,1-2H3. The lowest BCUT2D eigenvalue weighted by Gasteiger charge is -2.15. The molecular formula is C12H12Cl2N2S. The van der Waals surface area contributed by atoms with Crippen LogP contribution in [0.2, 0.25) is 9.49 Å². The Balaban J connectivity index is 2.15. The van der Waals surface area contributed by atoms with E-state index in [2.05, 4.69) is 22.6 Å². The number of thiophene rings is 1. The molecule has 0 saturated carbocycles. The van der Waals surface area contributed by atoms with Crippen LogP contribution in [0.1, 0.15) is 24.1 Å². The summed E-state index contributed by atoms with van der Waals surface area (Å²) in [5, 5.41) is 5.96. The molecule has 2 nitrogen and oxygen atoms in total. The Kier molecular flexibility index (Phi) is 3.92. The van der Waals surface area contributed by atoms with Gasteiger partial charge in [-0.05, 0) is 42.5 Å². The Morgan fingerprint density at radius 3 is 2.71 bits per heavy atom. The van der Waals surface area contributed by atoms with Crippen LogP contribution in [-0.2, 0) is 0 Å². The van der Waals surface area contributed by atoms with Crippen LogP contribution in [0.4, 0.5) is 5.69 Å². The van der Waals surface area contributed by atoms with E-state index in [0.717, 1.165) is 15.6 Å². The maximum atomic E-state index is 5.92. The zero-order valence-electron chi connectivity index (χ0n) is 9.50. The molecule has 0 amide bonds. The average molecular weight is 287 g/mol. The van der Waals surface area contributed by atoms with Gasteiger partial charge in [-0.15, -0.1) is 11.3 Å². The highest BCUT2D eigenvalue weighted by molar-refractivity contribution is 7.14. The molecule has 0 saturated heterocycles. The lowest BCUT2D eigenvalue weighted by molar-refractivity contribution is 0.886. The second-order valence-corrected chi connectivity index (χ2v) is 5.80. The predicted molar refractivity (Wildman–Crippen MR) is 75.4 cm³/mol. The number of nitrogens with one attached hydrogen (secondary N) is 1. The molecule has 0 aliphatic carbocycles. The van der Waals surface area contributed by atoms with Crippen molar-refractivity contribution >= 4 is 40.2 Å². The lowest BCUT2D eigenvalue weighted by atomic mass is 10.1. The fourth-order valence-electron chi connectivity index (χ4n) is 1.54. The molecule has 2 aromatic rings. The highest BCUT2D eigenvalue weighted by atomic mass is 35.5. The van der Waals surface area contributed by atoms with E-state index in [1.165, 1.54) is 16.9 Å². The molecule has 0 radical (unpaired) electrons. The van der Waals surface area contributed by atoms with Gasteiger partial charge in [-0.3, -0.25) is 0 Å². The van der Waals surface area contributed by atoms with Crippen molar-refractivity contribution in [2.45, 2.75) is 19.9 Å². The monoisotopic (exact) mass is 286 g/mol. The summed E-state index contributed by atoms with van der Waals surface area (Å²) in [4.78, 5) is 4.07. The number of hydrogen-bond donors (Lipinski definition) is 1. The van der Waals surface area contributed by atoms with Gasteiger partial charge in [-0.1, -0.05) is 23.2 Å². The fraction of sp³-hybridized carbons (Fsp3) is 0.250. The third kappa shape index (κ3) is 3.12. The van der Waals surface area contributed by atoms with Crippen molar-refractivity contribution in [3.63, 3.8) is 0 Å². The van der Waals surface area contributed by atoms with Crippen molar-refractivity contribution < 1.29 is 0 Å². The topological polar surface area (TPSA) is 24.9 Å². The first kappa shape index (κ1) is 12.7. The number of aryl methyl sites for hydroxylation is 1. The van der Waals surface area contributed by atoms with Crippen LogP contribution >= 0.6 is 34.5 Å². The molecule has 2 heterocycles. The van der Waals surface area contributed by atoms with Crippen LogP contribution in [0, 0.1) is 6.92 Å². The van der Waals surface area contributed by atoms with E-state index in [4.69, 9.17) is 23.2 Å². The SMILES string of the molecule is Cc1cc(Cl)ncc1NC(C)c1csc(Cl)c1. The predicted octanol–water partition coefficient (Wildman–Crippen LogP) is 4.93. The number of hydrogen-bond acceptors (Lipinski definition) is 3. The van der Waals surface area contributed by atoms with E-state index in [9.17, 15) is 0 Å². The van der Waals surface area contributed by atoms with Gasteiger partial charge in [-0.25, -0.2) is 4.98 Å². The molecule has 0 aliphatic heterocycles. The zero-order valence-corrected chi connectivity index (χ0v) is 11.8. The molecule has 0 aromatic carbocycles. The van der Waals surface area contributed by atoms with Crippen molar-refractivity contribution in [2.24, 2.45) is 0 Å². The van der Waals surface area contributed by atoms with Crippen LogP contribution < -0.4 is 5.32 Å². The fourth-order valence-corrected chi connectivity index (χ4v) is 2.74. The maximum absolute atomic E-state index is 5.92. The van der Waals surface area contributed by atoms with Gasteiger partial charge < -0.3 is 5.32 Å². The van der Waals surface area contributed by atoms with Crippen LogP contribution in [0.5, 0.6) is 0 Å². The van der Waals surface area contributed by atoms with Gasteiger partial charge >= 0.3 is 0 Å². The van der Waals surface area contributed by atoms with Gasteiger partial charge in [0.05, 0.1) is 16.2 Å². The van der Waals surface area contributed by atoms with E-state index < -0.39 is 0 Å². The second kappa shape index (κ2) is 5.25. The Morgan fingerprint density at radius 2 is 2.12 bits per heavy atom. The van der Waals surface area contributed by atoms with Crippen molar-refractivity contribution in [1.82, 2.24) is 4.98 Å². The molecule has 0 fully saturated rings. The number of nitrogens with zero attached hydrogens (tertiary/aromatic N) is 1. The molecule has 90 valence electrons. The van der Waals surface area contributed by atoms with Crippen molar-refractivity contribution in [3.05, 3.63) is 44.3 Å². The highest BCUT2D eigenvalue weighted by Crippen LogP contribution is 2.28. The minimum Gasteiger partial charge on any atom is -0.377 e. The van der Waals surface area contributed by atoms with Crippen LogP contribution in [0.15, 0.2) is 23.7 Å². The molecule has 17 heavy (non-hydrogen) atoms. The summed E-state index contributed by atoms with van der Waals surface area (Å²) in [5.41, 5.74) is 3.25. The first-order valence-electron chi connectivity index (χ1n) is 5.19. The molecule has 1 atom stereocenters. The van der Waals surface area contributed by atoms with Gasteiger partial charge in [-0.2, -0.15) is 0 Å². The Morgan fingerprint density at radius 1 is 1.35 bits per heavy atom. The Bertz CT molecular complexity index is 525. The molecule has 0 bridgehead atoms. The number of anilines is 1. The highest BCUT2D eigenvalue weighted by Gasteiger charge is 2.09. The molecule has 1 N–H and O–H groups in total. The average Bonchev–Trinajstić information content (AvgIpc) is 2.69. The van der Waals surface area contributed by atoms with E-state index in [0.29, 0.717) is 5.15 Å². The summed E-state index contributed by atoms with van der Waals surface area (Å²) in [7, 11) is 0. The Labute approximate surface area is 115 Å². The maximum Gasteiger partial charge on any atom is 0.129 e. The van der Waals surface area contributed by atoms with Gasteiger partial charge in [0, 0.05) is 6.04 Å². The van der Waals surface area contributed by atoms with Crippen molar-refractivity contribution in [2.75, 3.05) is 5.32 Å².